The van der Waals surface area contributed by atoms with E-state index in [2.05, 4.69) is 10.6 Å². The van der Waals surface area contributed by atoms with Crippen LogP contribution in [0.15, 0.2) is 18.3 Å². The van der Waals surface area contributed by atoms with Gasteiger partial charge in [-0.25, -0.2) is 0 Å². The van der Waals surface area contributed by atoms with Gasteiger partial charge in [0.25, 0.3) is 5.91 Å². The topological polar surface area (TPSA) is 46.1 Å². The molecule has 0 aromatic carbocycles. The first-order valence-corrected chi connectivity index (χ1v) is 5.98. The van der Waals surface area contributed by atoms with Gasteiger partial charge in [-0.15, -0.1) is 0 Å². The summed E-state index contributed by atoms with van der Waals surface area (Å²) in [5, 5.41) is 6.28. The molecule has 1 aromatic heterocycles. The maximum absolute atomic E-state index is 11.8. The van der Waals surface area contributed by atoms with Crippen LogP contribution in [0.25, 0.3) is 0 Å². The van der Waals surface area contributed by atoms with Gasteiger partial charge in [0.05, 0.1) is 0 Å². The number of nitrogens with one attached hydrogen (secondary N) is 2. The molecule has 1 amide bonds. The second-order valence-electron chi connectivity index (χ2n) is 4.16. The highest BCUT2D eigenvalue weighted by Crippen LogP contribution is 2.17. The molecule has 1 aliphatic carbocycles. The monoisotopic (exact) mass is 221 g/mol. The highest BCUT2D eigenvalue weighted by atomic mass is 16.1. The van der Waals surface area contributed by atoms with E-state index in [9.17, 15) is 4.79 Å². The molecule has 2 N–H and O–H groups in total. The molecule has 0 atom stereocenters. The van der Waals surface area contributed by atoms with Crippen LogP contribution in [-0.4, -0.2) is 29.6 Å². The van der Waals surface area contributed by atoms with E-state index in [1.807, 2.05) is 29.8 Å². The zero-order valence-electron chi connectivity index (χ0n) is 9.70. The summed E-state index contributed by atoms with van der Waals surface area (Å²) >= 11 is 0. The average Bonchev–Trinajstić information content (AvgIpc) is 2.99. The molecule has 1 heterocycles. The van der Waals surface area contributed by atoms with Gasteiger partial charge in [-0.05, 0) is 31.9 Å². The largest absolute Gasteiger partial charge is 0.349 e. The van der Waals surface area contributed by atoms with Crippen LogP contribution in [-0.2, 0) is 6.54 Å². The van der Waals surface area contributed by atoms with Crippen LogP contribution in [0.2, 0.25) is 0 Å². The van der Waals surface area contributed by atoms with E-state index in [0.717, 1.165) is 18.8 Å². The molecule has 16 heavy (non-hydrogen) atoms. The molecule has 0 bridgehead atoms. The van der Waals surface area contributed by atoms with Crippen LogP contribution in [0.1, 0.15) is 30.3 Å². The van der Waals surface area contributed by atoms with Crippen LogP contribution >= 0.6 is 0 Å². The Balaban J connectivity index is 1.73. The minimum absolute atomic E-state index is 0.0180. The van der Waals surface area contributed by atoms with E-state index in [-0.39, 0.29) is 5.91 Å². The summed E-state index contributed by atoms with van der Waals surface area (Å²) < 4.78 is 1.95. The van der Waals surface area contributed by atoms with Gasteiger partial charge in [0, 0.05) is 31.9 Å². The lowest BCUT2D eigenvalue weighted by Gasteiger charge is -2.08. The zero-order chi connectivity index (χ0) is 11.4. The Morgan fingerprint density at radius 2 is 2.31 bits per heavy atom. The second-order valence-corrected chi connectivity index (χ2v) is 4.16. The maximum Gasteiger partial charge on any atom is 0.267 e. The Morgan fingerprint density at radius 3 is 3.00 bits per heavy atom. The Labute approximate surface area is 96.0 Å². The number of aryl methyl sites for hydroxylation is 1. The van der Waals surface area contributed by atoms with Crippen molar-refractivity contribution in [2.75, 3.05) is 13.1 Å². The van der Waals surface area contributed by atoms with Crippen molar-refractivity contribution in [2.45, 2.75) is 32.4 Å². The molecule has 0 spiro atoms. The number of carbonyl (C=O) groups excluding carboxylic acids is 1. The number of amides is 1. The first-order chi connectivity index (χ1) is 7.81. The van der Waals surface area contributed by atoms with Gasteiger partial charge in [-0.3, -0.25) is 4.79 Å². The van der Waals surface area contributed by atoms with Crippen molar-refractivity contribution in [1.29, 1.82) is 0 Å². The fourth-order valence-corrected chi connectivity index (χ4v) is 1.73. The fraction of sp³-hybridized carbons (Fsp3) is 0.583. The van der Waals surface area contributed by atoms with Crippen LogP contribution < -0.4 is 10.6 Å². The summed E-state index contributed by atoms with van der Waals surface area (Å²) in [6, 6.07) is 4.46. The highest BCUT2D eigenvalue weighted by Gasteiger charge is 2.19. The predicted octanol–water partition coefficient (Wildman–Crippen LogP) is 0.990. The first-order valence-electron chi connectivity index (χ1n) is 5.98. The van der Waals surface area contributed by atoms with Gasteiger partial charge in [-0.1, -0.05) is 0 Å². The number of nitrogens with zero attached hydrogens (tertiary/aromatic N) is 1. The van der Waals surface area contributed by atoms with Crippen LogP contribution in [0.4, 0.5) is 0 Å². The van der Waals surface area contributed by atoms with Crippen molar-refractivity contribution in [3.8, 4) is 0 Å². The lowest BCUT2D eigenvalue weighted by Crippen LogP contribution is -2.33. The molecule has 0 saturated heterocycles. The molecular weight excluding hydrogens is 202 g/mol. The molecular formula is C12H19N3O. The van der Waals surface area contributed by atoms with Crippen LogP contribution in [0.5, 0.6) is 0 Å². The Hall–Kier alpha value is -1.29. The van der Waals surface area contributed by atoms with Crippen molar-refractivity contribution in [3.63, 3.8) is 0 Å². The lowest BCUT2D eigenvalue weighted by molar-refractivity contribution is 0.0944. The van der Waals surface area contributed by atoms with Crippen molar-refractivity contribution >= 4 is 5.91 Å². The van der Waals surface area contributed by atoms with Crippen molar-refractivity contribution in [2.24, 2.45) is 0 Å². The maximum atomic E-state index is 11.8. The van der Waals surface area contributed by atoms with E-state index >= 15 is 0 Å². The number of carbonyl (C=O) groups is 1. The van der Waals surface area contributed by atoms with Gasteiger partial charge >= 0.3 is 0 Å². The van der Waals surface area contributed by atoms with Gasteiger partial charge in [0.1, 0.15) is 5.69 Å². The summed E-state index contributed by atoms with van der Waals surface area (Å²) in [5.74, 6) is 0.0180. The van der Waals surface area contributed by atoms with E-state index in [4.69, 9.17) is 0 Å². The van der Waals surface area contributed by atoms with E-state index in [0.29, 0.717) is 12.6 Å². The zero-order valence-corrected chi connectivity index (χ0v) is 9.70. The first kappa shape index (κ1) is 11.2. The van der Waals surface area contributed by atoms with E-state index in [1.165, 1.54) is 12.8 Å². The fourth-order valence-electron chi connectivity index (χ4n) is 1.73. The van der Waals surface area contributed by atoms with Crippen molar-refractivity contribution < 1.29 is 4.79 Å². The molecule has 1 saturated carbocycles. The van der Waals surface area contributed by atoms with Crippen LogP contribution in [0.3, 0.4) is 0 Å². The third-order valence-electron chi connectivity index (χ3n) is 2.82. The SMILES string of the molecule is CCn1cccc1C(=O)NCCNC1CC1. The number of aromatic nitrogens is 1. The molecule has 1 aliphatic rings. The van der Waals surface area contributed by atoms with Gasteiger partial charge in [0.15, 0.2) is 0 Å². The Morgan fingerprint density at radius 1 is 1.50 bits per heavy atom. The summed E-state index contributed by atoms with van der Waals surface area (Å²) in [6.45, 7) is 4.43. The predicted molar refractivity (Wildman–Crippen MR) is 63.5 cm³/mol. The van der Waals surface area contributed by atoms with Gasteiger partial charge < -0.3 is 15.2 Å². The molecule has 0 aliphatic heterocycles. The molecule has 1 aromatic rings. The summed E-state index contributed by atoms with van der Waals surface area (Å²) in [7, 11) is 0. The molecule has 0 unspecified atom stereocenters. The van der Waals surface area contributed by atoms with E-state index < -0.39 is 0 Å². The number of hydrogen-bond acceptors (Lipinski definition) is 2. The third-order valence-corrected chi connectivity index (χ3v) is 2.82. The third kappa shape index (κ3) is 2.85. The molecule has 1 fully saturated rings. The van der Waals surface area contributed by atoms with Crippen molar-refractivity contribution in [3.05, 3.63) is 24.0 Å². The van der Waals surface area contributed by atoms with Crippen LogP contribution in [0, 0.1) is 0 Å². The Bertz CT molecular complexity index is 355. The van der Waals surface area contributed by atoms with E-state index in [1.54, 1.807) is 0 Å². The second kappa shape index (κ2) is 5.16. The molecule has 4 nitrogen and oxygen atoms in total. The minimum atomic E-state index is 0.0180. The lowest BCUT2D eigenvalue weighted by atomic mass is 10.4. The molecule has 0 radical (unpaired) electrons. The molecule has 88 valence electrons. The standard InChI is InChI=1S/C12H19N3O/c1-2-15-9-3-4-11(15)12(16)14-8-7-13-10-5-6-10/h3-4,9-10,13H,2,5-8H2,1H3,(H,14,16). The minimum Gasteiger partial charge on any atom is -0.349 e. The van der Waals surface area contributed by atoms with Gasteiger partial charge in [0.2, 0.25) is 0 Å². The number of hydrogen-bond donors (Lipinski definition) is 2. The normalized spacial score (nSPS) is 15.1. The average molecular weight is 221 g/mol. The summed E-state index contributed by atoms with van der Waals surface area (Å²) in [5.41, 5.74) is 0.744. The summed E-state index contributed by atoms with van der Waals surface area (Å²) in [4.78, 5) is 11.8. The highest BCUT2D eigenvalue weighted by molar-refractivity contribution is 5.92. The quantitative estimate of drug-likeness (QED) is 0.704. The Kier molecular flexibility index (Phi) is 3.62. The van der Waals surface area contributed by atoms with Crippen molar-refractivity contribution in [1.82, 2.24) is 15.2 Å². The van der Waals surface area contributed by atoms with Gasteiger partial charge in [-0.2, -0.15) is 0 Å². The summed E-state index contributed by atoms with van der Waals surface area (Å²) in [6.07, 6.45) is 4.50. The smallest absolute Gasteiger partial charge is 0.267 e. The number of rotatable bonds is 6. The molecule has 2 rings (SSSR count). The molecule has 4 heteroatoms.